The number of thiophene rings is 1. The van der Waals surface area contributed by atoms with E-state index in [0.717, 1.165) is 21.6 Å². The molecule has 0 saturated heterocycles. The van der Waals surface area contributed by atoms with Crippen LogP contribution in [0.3, 0.4) is 0 Å². The highest BCUT2D eigenvalue weighted by Gasteiger charge is 2.20. The molecule has 3 heterocycles. The van der Waals surface area contributed by atoms with Crippen molar-refractivity contribution in [2.45, 2.75) is 0 Å². The lowest BCUT2D eigenvalue weighted by atomic mass is 10.0. The highest BCUT2D eigenvalue weighted by molar-refractivity contribution is 7.28. The Kier molecular flexibility index (Phi) is 3.77. The molecule has 9 aromatic rings. The van der Waals surface area contributed by atoms with Crippen molar-refractivity contribution in [2.75, 3.05) is 0 Å². The lowest BCUT2D eigenvalue weighted by Crippen LogP contribution is -1.92. The molecule has 0 radical (unpaired) electrons. The zero-order chi connectivity index (χ0) is 24.1. The Labute approximate surface area is 219 Å². The standard InChI is InChI=1S/C33H16N2S2/c1-3-9-21-19(7-1)13-16-25-29(21)30-22-10-4-2-8-20(22)14-17-26(30)35(25)33-34-24-15-18-28-31(32(24)37-33)23-11-5-6-12-27(23)36-28/h1-3,5-9,11-18H. The van der Waals surface area contributed by atoms with Gasteiger partial charge in [-0.2, -0.15) is 0 Å². The smallest absolute Gasteiger partial charge is 0.195 e. The molecular formula is C33H16N2S2. The SMILES string of the molecule is c1ccc2ccc3c(c2c#1)c1c2ccccc2ccc1n3-c1nc2ccc3sc4ccccc4c3c2s1. The van der Waals surface area contributed by atoms with Crippen molar-refractivity contribution in [3.63, 3.8) is 0 Å². The van der Waals surface area contributed by atoms with Crippen LogP contribution >= 0.6 is 22.7 Å². The largest absolute Gasteiger partial charge is 0.285 e. The van der Waals surface area contributed by atoms with Gasteiger partial charge in [0.1, 0.15) is 0 Å². The first-order valence-electron chi connectivity index (χ1n) is 12.2. The number of hydrogen-bond donors (Lipinski definition) is 0. The van der Waals surface area contributed by atoms with Crippen molar-refractivity contribution in [1.82, 2.24) is 9.55 Å². The monoisotopic (exact) mass is 504 g/mol. The van der Waals surface area contributed by atoms with Crippen LogP contribution in [0, 0.1) is 12.1 Å². The molecule has 0 aliphatic heterocycles. The van der Waals surface area contributed by atoms with E-state index >= 15 is 0 Å². The van der Waals surface area contributed by atoms with E-state index < -0.39 is 0 Å². The van der Waals surface area contributed by atoms with E-state index in [4.69, 9.17) is 4.98 Å². The van der Waals surface area contributed by atoms with Crippen LogP contribution in [0.15, 0.2) is 97.1 Å². The molecule has 0 spiro atoms. The summed E-state index contributed by atoms with van der Waals surface area (Å²) in [7, 11) is 0. The van der Waals surface area contributed by atoms with Gasteiger partial charge in [0, 0.05) is 36.3 Å². The maximum absolute atomic E-state index is 5.22. The van der Waals surface area contributed by atoms with Gasteiger partial charge in [0.05, 0.1) is 21.3 Å². The van der Waals surface area contributed by atoms with Crippen LogP contribution in [0.5, 0.6) is 0 Å². The Hall–Kier alpha value is -4.43. The Balaban J connectivity index is 1.48. The van der Waals surface area contributed by atoms with Gasteiger partial charge in [-0.3, -0.25) is 4.57 Å². The molecule has 37 heavy (non-hydrogen) atoms. The Morgan fingerprint density at radius 2 is 1.43 bits per heavy atom. The number of benzene rings is 5. The van der Waals surface area contributed by atoms with Crippen LogP contribution in [0.4, 0.5) is 0 Å². The fourth-order valence-corrected chi connectivity index (χ4v) is 8.22. The van der Waals surface area contributed by atoms with Gasteiger partial charge in [-0.15, -0.1) is 11.3 Å². The van der Waals surface area contributed by atoms with Crippen LogP contribution in [-0.4, -0.2) is 9.55 Å². The molecule has 2 nitrogen and oxygen atoms in total. The van der Waals surface area contributed by atoms with E-state index in [2.05, 4.69) is 108 Å². The van der Waals surface area contributed by atoms with Gasteiger partial charge in [0.15, 0.2) is 5.13 Å². The van der Waals surface area contributed by atoms with Crippen molar-refractivity contribution < 1.29 is 0 Å². The molecule has 0 fully saturated rings. The number of hydrogen-bond acceptors (Lipinski definition) is 3. The first-order chi connectivity index (χ1) is 18.3. The van der Waals surface area contributed by atoms with Gasteiger partial charge in [-0.25, -0.2) is 4.98 Å². The van der Waals surface area contributed by atoms with Crippen LogP contribution in [0.1, 0.15) is 0 Å². The molecule has 6 aromatic carbocycles. The summed E-state index contributed by atoms with van der Waals surface area (Å²) in [6.07, 6.45) is 0. The second-order valence-corrected chi connectivity index (χ2v) is 11.5. The van der Waals surface area contributed by atoms with Gasteiger partial charge >= 0.3 is 0 Å². The van der Waals surface area contributed by atoms with Crippen LogP contribution in [0.25, 0.3) is 78.9 Å². The highest BCUT2D eigenvalue weighted by Crippen LogP contribution is 2.44. The quantitative estimate of drug-likeness (QED) is 0.218. The van der Waals surface area contributed by atoms with E-state index in [1.54, 1.807) is 11.3 Å². The molecule has 170 valence electrons. The molecule has 4 heteroatoms. The summed E-state index contributed by atoms with van der Waals surface area (Å²) in [6, 6.07) is 41.3. The fraction of sp³-hybridized carbons (Fsp3) is 0. The zero-order valence-electron chi connectivity index (χ0n) is 19.4. The first kappa shape index (κ1) is 19.7. The second-order valence-electron chi connectivity index (χ2n) is 9.42. The molecule has 9 rings (SSSR count). The van der Waals surface area contributed by atoms with Crippen molar-refractivity contribution in [3.05, 3.63) is 109 Å². The van der Waals surface area contributed by atoms with Crippen molar-refractivity contribution in [1.29, 1.82) is 0 Å². The van der Waals surface area contributed by atoms with Crippen molar-refractivity contribution >= 4 is 96.4 Å². The molecule has 0 amide bonds. The highest BCUT2D eigenvalue weighted by atomic mass is 32.1. The topological polar surface area (TPSA) is 17.8 Å². The van der Waals surface area contributed by atoms with Gasteiger partial charge in [0.25, 0.3) is 0 Å². The third-order valence-corrected chi connectivity index (χ3v) is 9.68. The average Bonchev–Trinajstić information content (AvgIpc) is 3.63. The minimum atomic E-state index is 0.993. The number of thiazole rings is 1. The predicted octanol–water partition coefficient (Wildman–Crippen LogP) is 9.67. The van der Waals surface area contributed by atoms with Crippen molar-refractivity contribution in [2.24, 2.45) is 0 Å². The number of rotatable bonds is 1. The van der Waals surface area contributed by atoms with Gasteiger partial charge in [-0.1, -0.05) is 78.1 Å². The molecule has 3 aromatic heterocycles. The summed E-state index contributed by atoms with van der Waals surface area (Å²) in [4.78, 5) is 5.22. The number of fused-ring (bicyclic) bond motifs is 12. The Bertz CT molecular complexity index is 2280. The summed E-state index contributed by atoms with van der Waals surface area (Å²) in [5.74, 6) is 0. The van der Waals surface area contributed by atoms with Crippen LogP contribution in [-0.2, 0) is 0 Å². The zero-order valence-corrected chi connectivity index (χ0v) is 21.1. The normalized spacial score (nSPS) is 12.1. The van der Waals surface area contributed by atoms with E-state index in [0.29, 0.717) is 0 Å². The summed E-state index contributed by atoms with van der Waals surface area (Å²) in [6.45, 7) is 0. The second kappa shape index (κ2) is 7.08. The number of aromatic nitrogens is 2. The summed E-state index contributed by atoms with van der Waals surface area (Å²) >= 11 is 3.64. The molecule has 0 unspecified atom stereocenters. The maximum atomic E-state index is 5.22. The van der Waals surface area contributed by atoms with Gasteiger partial charge in [-0.05, 0) is 58.6 Å². The van der Waals surface area contributed by atoms with E-state index in [-0.39, 0.29) is 0 Å². The molecule has 0 aliphatic rings. The van der Waals surface area contributed by atoms with Crippen LogP contribution < -0.4 is 0 Å². The van der Waals surface area contributed by atoms with Crippen molar-refractivity contribution in [3.8, 4) is 5.13 Å². The first-order valence-corrected chi connectivity index (χ1v) is 13.9. The average molecular weight is 505 g/mol. The molecule has 0 saturated carbocycles. The third kappa shape index (κ3) is 2.57. The molecule has 0 aliphatic carbocycles. The lowest BCUT2D eigenvalue weighted by Gasteiger charge is -2.04. The number of nitrogens with zero attached hydrogens (tertiary/aromatic N) is 2. The molecular weight excluding hydrogens is 489 g/mol. The lowest BCUT2D eigenvalue weighted by molar-refractivity contribution is 1.15. The molecule has 0 atom stereocenters. The summed E-state index contributed by atoms with van der Waals surface area (Å²) in [5.41, 5.74) is 3.37. The maximum Gasteiger partial charge on any atom is 0.195 e. The fourth-order valence-electron chi connectivity index (χ4n) is 5.89. The minimum absolute atomic E-state index is 0.993. The van der Waals surface area contributed by atoms with Gasteiger partial charge in [0.2, 0.25) is 0 Å². The van der Waals surface area contributed by atoms with Crippen LogP contribution in [0.2, 0.25) is 0 Å². The third-order valence-electron chi connectivity index (χ3n) is 7.47. The van der Waals surface area contributed by atoms with Gasteiger partial charge < -0.3 is 0 Å². The van der Waals surface area contributed by atoms with E-state index in [9.17, 15) is 0 Å². The predicted molar refractivity (Wildman–Crippen MR) is 160 cm³/mol. The molecule has 0 N–H and O–H groups in total. The Morgan fingerprint density at radius 1 is 0.622 bits per heavy atom. The molecule has 0 bridgehead atoms. The minimum Gasteiger partial charge on any atom is -0.285 e. The van der Waals surface area contributed by atoms with E-state index in [1.165, 1.54) is 57.3 Å². The summed E-state index contributed by atoms with van der Waals surface area (Å²) < 4.78 is 6.24. The van der Waals surface area contributed by atoms with E-state index in [1.807, 2.05) is 17.4 Å². The summed E-state index contributed by atoms with van der Waals surface area (Å²) in [5, 5.41) is 10.9. The Morgan fingerprint density at radius 3 is 2.38 bits per heavy atom.